The van der Waals surface area contributed by atoms with E-state index in [1.54, 1.807) is 7.11 Å². The Morgan fingerprint density at radius 1 is 1.73 bits per heavy atom. The number of hydrogen-bond acceptors (Lipinski definition) is 3. The van der Waals surface area contributed by atoms with Crippen LogP contribution in [0, 0.1) is 0 Å². The molecule has 62 valence electrons. The summed E-state index contributed by atoms with van der Waals surface area (Å²) in [5.41, 5.74) is 6.37. The Kier molecular flexibility index (Phi) is 3.11. The van der Waals surface area contributed by atoms with E-state index in [-0.39, 0.29) is 0 Å². The van der Waals surface area contributed by atoms with Crippen LogP contribution in [0.1, 0.15) is 11.3 Å². The Morgan fingerprint density at radius 2 is 2.45 bits per heavy atom. The first-order chi connectivity index (χ1) is 5.27. The maximum atomic E-state index is 5.37. The molecule has 0 amide bonds. The third-order valence-corrected chi connectivity index (χ3v) is 1.98. The lowest BCUT2D eigenvalue weighted by Crippen LogP contribution is -1.92. The van der Waals surface area contributed by atoms with Crippen LogP contribution in [0.25, 0.3) is 0 Å². The fourth-order valence-corrected chi connectivity index (χ4v) is 1.25. The zero-order chi connectivity index (χ0) is 8.27. The topological polar surface area (TPSA) is 48.4 Å². The molecule has 1 heterocycles. The molecule has 4 heteroatoms. The van der Waals surface area contributed by atoms with Crippen LogP contribution >= 0.6 is 15.9 Å². The molecule has 0 atom stereocenters. The first-order valence-corrected chi connectivity index (χ1v) is 4.03. The van der Waals surface area contributed by atoms with Crippen molar-refractivity contribution >= 4 is 15.9 Å². The van der Waals surface area contributed by atoms with Gasteiger partial charge in [-0.05, 0) is 22.0 Å². The predicted molar refractivity (Wildman–Crippen MR) is 45.0 cm³/mol. The lowest BCUT2D eigenvalue weighted by molar-refractivity contribution is 0.183. The van der Waals surface area contributed by atoms with Crippen LogP contribution in [0.5, 0.6) is 0 Å². The summed E-state index contributed by atoms with van der Waals surface area (Å²) in [5.74, 6) is 0.768. The molecule has 0 unspecified atom stereocenters. The second kappa shape index (κ2) is 3.90. The number of methoxy groups -OCH3 is 1. The van der Waals surface area contributed by atoms with E-state index < -0.39 is 0 Å². The number of rotatable bonds is 3. The van der Waals surface area contributed by atoms with Gasteiger partial charge < -0.3 is 14.9 Å². The SMILES string of the molecule is COCc1cc(CN)oc1Br. The molecule has 1 aromatic rings. The van der Waals surface area contributed by atoms with Crippen molar-refractivity contribution in [2.45, 2.75) is 13.2 Å². The summed E-state index contributed by atoms with van der Waals surface area (Å²) in [4.78, 5) is 0. The molecular weight excluding hydrogens is 210 g/mol. The van der Waals surface area contributed by atoms with Crippen molar-refractivity contribution in [2.24, 2.45) is 5.73 Å². The highest BCUT2D eigenvalue weighted by molar-refractivity contribution is 9.10. The fraction of sp³-hybridized carbons (Fsp3) is 0.429. The summed E-state index contributed by atoms with van der Waals surface area (Å²) in [6.45, 7) is 0.965. The summed E-state index contributed by atoms with van der Waals surface area (Å²) in [7, 11) is 1.64. The van der Waals surface area contributed by atoms with E-state index in [1.165, 1.54) is 0 Å². The van der Waals surface area contributed by atoms with Gasteiger partial charge in [0.2, 0.25) is 0 Å². The van der Waals surface area contributed by atoms with Gasteiger partial charge in [0.05, 0.1) is 13.2 Å². The predicted octanol–water partition coefficient (Wildman–Crippen LogP) is 1.65. The van der Waals surface area contributed by atoms with Gasteiger partial charge in [0, 0.05) is 12.7 Å². The van der Waals surface area contributed by atoms with Crippen LogP contribution in [0.3, 0.4) is 0 Å². The van der Waals surface area contributed by atoms with Crippen molar-refractivity contribution in [1.82, 2.24) is 0 Å². The zero-order valence-corrected chi connectivity index (χ0v) is 7.85. The molecule has 0 fully saturated rings. The molecule has 0 saturated heterocycles. The highest BCUT2D eigenvalue weighted by atomic mass is 79.9. The monoisotopic (exact) mass is 219 g/mol. The van der Waals surface area contributed by atoms with Crippen LogP contribution in [0.15, 0.2) is 15.2 Å². The van der Waals surface area contributed by atoms with Crippen LogP contribution in [-0.2, 0) is 17.9 Å². The van der Waals surface area contributed by atoms with Crippen LogP contribution in [0.2, 0.25) is 0 Å². The lowest BCUT2D eigenvalue weighted by Gasteiger charge is -1.91. The average Bonchev–Trinajstić information content (AvgIpc) is 2.33. The normalized spacial score (nSPS) is 10.5. The van der Waals surface area contributed by atoms with E-state index >= 15 is 0 Å². The second-order valence-electron chi connectivity index (χ2n) is 2.15. The van der Waals surface area contributed by atoms with Gasteiger partial charge in [0.15, 0.2) is 4.67 Å². The molecule has 0 saturated carbocycles. The number of furan rings is 1. The van der Waals surface area contributed by atoms with Crippen molar-refractivity contribution in [3.8, 4) is 0 Å². The fourth-order valence-electron chi connectivity index (χ4n) is 0.816. The van der Waals surface area contributed by atoms with Crippen molar-refractivity contribution in [3.05, 3.63) is 22.1 Å². The largest absolute Gasteiger partial charge is 0.453 e. The molecule has 0 spiro atoms. The molecule has 1 aromatic heterocycles. The number of hydrogen-bond donors (Lipinski definition) is 1. The molecule has 0 aliphatic heterocycles. The third kappa shape index (κ3) is 2.05. The van der Waals surface area contributed by atoms with Crippen LogP contribution < -0.4 is 5.73 Å². The van der Waals surface area contributed by atoms with Crippen LogP contribution in [0.4, 0.5) is 0 Å². The van der Waals surface area contributed by atoms with Gasteiger partial charge >= 0.3 is 0 Å². The van der Waals surface area contributed by atoms with Crippen molar-refractivity contribution in [3.63, 3.8) is 0 Å². The van der Waals surface area contributed by atoms with Gasteiger partial charge in [-0.25, -0.2) is 0 Å². The van der Waals surface area contributed by atoms with Crippen LogP contribution in [-0.4, -0.2) is 7.11 Å². The average molecular weight is 220 g/mol. The Hall–Kier alpha value is -0.320. The van der Waals surface area contributed by atoms with Gasteiger partial charge in [-0.15, -0.1) is 0 Å². The summed E-state index contributed by atoms with van der Waals surface area (Å²) in [5, 5.41) is 0. The molecular formula is C7H10BrNO2. The summed E-state index contributed by atoms with van der Waals surface area (Å²) < 4.78 is 10.9. The number of halogens is 1. The highest BCUT2D eigenvalue weighted by Crippen LogP contribution is 2.21. The molecule has 0 aromatic carbocycles. The minimum Gasteiger partial charge on any atom is -0.453 e. The maximum absolute atomic E-state index is 5.37. The van der Waals surface area contributed by atoms with Gasteiger partial charge in [0.25, 0.3) is 0 Å². The van der Waals surface area contributed by atoms with Crippen molar-refractivity contribution in [1.29, 1.82) is 0 Å². The quantitative estimate of drug-likeness (QED) is 0.842. The van der Waals surface area contributed by atoms with Gasteiger partial charge in [0.1, 0.15) is 5.76 Å². The van der Waals surface area contributed by atoms with E-state index in [1.807, 2.05) is 6.07 Å². The standard InChI is InChI=1S/C7H10BrNO2/c1-10-4-5-2-6(3-9)11-7(5)8/h2H,3-4,9H2,1H3. The van der Waals surface area contributed by atoms with E-state index in [9.17, 15) is 0 Å². The Balaban J connectivity index is 2.79. The smallest absolute Gasteiger partial charge is 0.174 e. The first kappa shape index (κ1) is 8.77. The number of nitrogens with two attached hydrogens (primary N) is 1. The molecule has 0 radical (unpaired) electrons. The van der Waals surface area contributed by atoms with Gasteiger partial charge in [-0.1, -0.05) is 0 Å². The van der Waals surface area contributed by atoms with Gasteiger partial charge in [-0.2, -0.15) is 0 Å². The third-order valence-electron chi connectivity index (χ3n) is 1.31. The summed E-state index contributed by atoms with van der Waals surface area (Å²) in [6.07, 6.45) is 0. The molecule has 0 aliphatic carbocycles. The molecule has 2 N–H and O–H groups in total. The lowest BCUT2D eigenvalue weighted by atomic mass is 10.3. The summed E-state index contributed by atoms with van der Waals surface area (Å²) >= 11 is 3.26. The van der Waals surface area contributed by atoms with E-state index in [4.69, 9.17) is 14.9 Å². The molecule has 0 bridgehead atoms. The van der Waals surface area contributed by atoms with E-state index in [0.717, 1.165) is 11.3 Å². The molecule has 1 rings (SSSR count). The van der Waals surface area contributed by atoms with Crippen molar-refractivity contribution in [2.75, 3.05) is 7.11 Å². The second-order valence-corrected chi connectivity index (χ2v) is 2.87. The maximum Gasteiger partial charge on any atom is 0.174 e. The molecule has 0 aliphatic rings. The van der Waals surface area contributed by atoms with Gasteiger partial charge in [-0.3, -0.25) is 0 Å². The Bertz CT molecular complexity index is 234. The number of ether oxygens (including phenoxy) is 1. The minimum atomic E-state index is 0.419. The summed E-state index contributed by atoms with van der Waals surface area (Å²) in [6, 6.07) is 1.88. The molecule has 11 heavy (non-hydrogen) atoms. The Labute approximate surface area is 73.6 Å². The highest BCUT2D eigenvalue weighted by Gasteiger charge is 2.06. The van der Waals surface area contributed by atoms with Crippen molar-refractivity contribution < 1.29 is 9.15 Å². The zero-order valence-electron chi connectivity index (χ0n) is 6.26. The molecule has 3 nitrogen and oxygen atoms in total. The van der Waals surface area contributed by atoms with E-state index in [0.29, 0.717) is 17.8 Å². The van der Waals surface area contributed by atoms with E-state index in [2.05, 4.69) is 15.9 Å². The Morgan fingerprint density at radius 3 is 2.91 bits per heavy atom. The minimum absolute atomic E-state index is 0.419. The first-order valence-electron chi connectivity index (χ1n) is 3.24.